The first-order valence-corrected chi connectivity index (χ1v) is 7.60. The highest BCUT2D eigenvalue weighted by Gasteiger charge is 2.37. The fourth-order valence-electron chi connectivity index (χ4n) is 2.27. The molecule has 0 aliphatic heterocycles. The van der Waals surface area contributed by atoms with E-state index in [1.54, 1.807) is 6.08 Å². The number of Topliss-reactive ketones (excluding diaryl/α,β-unsaturated/α-hetero) is 1. The number of carboxylic acid groups (broad SMARTS) is 1. The second-order valence-electron chi connectivity index (χ2n) is 5.07. The molecule has 0 amide bonds. The van der Waals surface area contributed by atoms with E-state index < -0.39 is 18.0 Å². The third-order valence-corrected chi connectivity index (χ3v) is 4.02. The molecule has 1 heterocycles. The largest absolute Gasteiger partial charge is 0.481 e. The highest BCUT2D eigenvalue weighted by Crippen LogP contribution is 2.32. The maximum atomic E-state index is 12.0. The highest BCUT2D eigenvalue weighted by molar-refractivity contribution is 7.08. The number of ether oxygens (including phenoxy) is 1. The van der Waals surface area contributed by atoms with Crippen molar-refractivity contribution in [2.45, 2.75) is 32.3 Å². The van der Waals surface area contributed by atoms with Crippen molar-refractivity contribution in [3.63, 3.8) is 0 Å². The summed E-state index contributed by atoms with van der Waals surface area (Å²) in [7, 11) is 0. The summed E-state index contributed by atoms with van der Waals surface area (Å²) >= 11 is 1.52. The van der Waals surface area contributed by atoms with Gasteiger partial charge in [0.2, 0.25) is 0 Å². The van der Waals surface area contributed by atoms with Crippen LogP contribution in [0.3, 0.4) is 0 Å². The lowest BCUT2D eigenvalue weighted by atomic mass is 10.1. The zero-order valence-corrected chi connectivity index (χ0v) is 12.4. The van der Waals surface area contributed by atoms with Gasteiger partial charge in [-0.25, -0.2) is 0 Å². The van der Waals surface area contributed by atoms with Crippen LogP contribution in [0.2, 0.25) is 0 Å². The van der Waals surface area contributed by atoms with Crippen LogP contribution in [0, 0.1) is 5.92 Å². The third-order valence-electron chi connectivity index (χ3n) is 3.32. The smallest absolute Gasteiger partial charge is 0.306 e. The number of carbonyl (C=O) groups is 3. The van der Waals surface area contributed by atoms with Crippen molar-refractivity contribution in [3.05, 3.63) is 28.0 Å². The molecule has 1 fully saturated rings. The summed E-state index contributed by atoms with van der Waals surface area (Å²) in [5.41, 5.74) is 1.40. The number of esters is 1. The normalized spacial score (nSPS) is 23.5. The Bertz CT molecular complexity index is 573. The molecule has 0 bridgehead atoms. The number of hydrogen-bond acceptors (Lipinski definition) is 5. The van der Waals surface area contributed by atoms with Gasteiger partial charge in [-0.15, -0.1) is 0 Å². The Morgan fingerprint density at radius 1 is 1.48 bits per heavy atom. The van der Waals surface area contributed by atoms with E-state index >= 15 is 0 Å². The summed E-state index contributed by atoms with van der Waals surface area (Å²) in [4.78, 5) is 34.2. The van der Waals surface area contributed by atoms with Crippen LogP contribution in [0.4, 0.5) is 0 Å². The van der Waals surface area contributed by atoms with Gasteiger partial charge in [0.15, 0.2) is 5.78 Å². The third kappa shape index (κ3) is 4.01. The second kappa shape index (κ2) is 6.67. The van der Waals surface area contributed by atoms with Crippen LogP contribution < -0.4 is 0 Å². The van der Waals surface area contributed by atoms with Gasteiger partial charge in [-0.3, -0.25) is 14.4 Å². The highest BCUT2D eigenvalue weighted by atomic mass is 32.1. The van der Waals surface area contributed by atoms with E-state index in [0.717, 1.165) is 5.56 Å². The van der Waals surface area contributed by atoms with Gasteiger partial charge >= 0.3 is 11.9 Å². The van der Waals surface area contributed by atoms with Crippen molar-refractivity contribution in [2.24, 2.45) is 5.92 Å². The van der Waals surface area contributed by atoms with Crippen molar-refractivity contribution >= 4 is 35.1 Å². The molecular weight excluding hydrogens is 292 g/mol. The number of carbonyl (C=O) groups excluding carboxylic acids is 2. The van der Waals surface area contributed by atoms with Gasteiger partial charge in [0.25, 0.3) is 0 Å². The fraction of sp³-hybridized carbons (Fsp3) is 0.400. The summed E-state index contributed by atoms with van der Waals surface area (Å²) in [6.07, 6.45) is 1.05. The molecule has 112 valence electrons. The van der Waals surface area contributed by atoms with Crippen LogP contribution in [0.25, 0.3) is 6.08 Å². The molecular formula is C15H16O5S. The van der Waals surface area contributed by atoms with Crippen LogP contribution in [0.5, 0.6) is 0 Å². The summed E-state index contributed by atoms with van der Waals surface area (Å²) in [6, 6.07) is 1.89. The first-order chi connectivity index (χ1) is 9.97. The summed E-state index contributed by atoms with van der Waals surface area (Å²) in [5.74, 6) is -1.74. The number of ketones is 1. The zero-order chi connectivity index (χ0) is 15.4. The van der Waals surface area contributed by atoms with Crippen LogP contribution in [0.1, 0.15) is 31.7 Å². The lowest BCUT2D eigenvalue weighted by Gasteiger charge is -2.17. The number of hydrogen-bond donors (Lipinski definition) is 1. The molecule has 6 heteroatoms. The molecule has 0 spiro atoms. The van der Waals surface area contributed by atoms with Gasteiger partial charge in [-0.1, -0.05) is 6.92 Å². The molecule has 2 rings (SSSR count). The zero-order valence-electron chi connectivity index (χ0n) is 11.6. The predicted octanol–water partition coefficient (Wildman–Crippen LogP) is 2.52. The number of thiophene rings is 1. The van der Waals surface area contributed by atoms with Crippen molar-refractivity contribution < 1.29 is 24.2 Å². The second-order valence-corrected chi connectivity index (χ2v) is 5.85. The van der Waals surface area contributed by atoms with Gasteiger partial charge < -0.3 is 9.84 Å². The van der Waals surface area contributed by atoms with Crippen molar-refractivity contribution in [2.75, 3.05) is 0 Å². The predicted molar refractivity (Wildman–Crippen MR) is 77.8 cm³/mol. The molecule has 0 aromatic carbocycles. The Labute approximate surface area is 126 Å². The molecule has 1 aliphatic carbocycles. The van der Waals surface area contributed by atoms with Crippen LogP contribution in [-0.2, 0) is 19.1 Å². The molecule has 1 aliphatic rings. The Morgan fingerprint density at radius 2 is 2.24 bits per heavy atom. The Hall–Kier alpha value is -1.95. The lowest BCUT2D eigenvalue weighted by molar-refractivity contribution is -0.151. The van der Waals surface area contributed by atoms with Gasteiger partial charge in [-0.2, -0.15) is 11.3 Å². The van der Waals surface area contributed by atoms with E-state index in [2.05, 4.69) is 0 Å². The molecule has 1 N–H and O–H groups in total. The van der Waals surface area contributed by atoms with E-state index in [4.69, 9.17) is 9.84 Å². The SMILES string of the molecule is CC1CC(=O)C(=Cc2ccsc2)C1OC(=O)CCC(=O)O. The van der Waals surface area contributed by atoms with Crippen LogP contribution >= 0.6 is 11.3 Å². The molecule has 5 nitrogen and oxygen atoms in total. The van der Waals surface area contributed by atoms with E-state index in [0.29, 0.717) is 12.0 Å². The minimum Gasteiger partial charge on any atom is -0.481 e. The van der Waals surface area contributed by atoms with Crippen LogP contribution in [0.15, 0.2) is 22.4 Å². The monoisotopic (exact) mass is 308 g/mol. The summed E-state index contributed by atoms with van der Waals surface area (Å²) in [6.45, 7) is 1.85. The quantitative estimate of drug-likeness (QED) is 0.668. The molecule has 21 heavy (non-hydrogen) atoms. The molecule has 1 saturated carbocycles. The topological polar surface area (TPSA) is 80.7 Å². The maximum absolute atomic E-state index is 12.0. The molecule has 1 aromatic rings. The summed E-state index contributed by atoms with van der Waals surface area (Å²) in [5, 5.41) is 12.4. The fourth-order valence-corrected chi connectivity index (χ4v) is 2.89. The average Bonchev–Trinajstić information content (AvgIpc) is 3.00. The number of aliphatic carboxylic acids is 1. The van der Waals surface area contributed by atoms with Crippen molar-refractivity contribution in [1.29, 1.82) is 0 Å². The Morgan fingerprint density at radius 3 is 2.86 bits per heavy atom. The van der Waals surface area contributed by atoms with Crippen molar-refractivity contribution in [3.8, 4) is 0 Å². The van der Waals surface area contributed by atoms with Gasteiger partial charge in [0.1, 0.15) is 6.10 Å². The van der Waals surface area contributed by atoms with E-state index in [1.165, 1.54) is 11.3 Å². The minimum absolute atomic E-state index is 0.0234. The van der Waals surface area contributed by atoms with Gasteiger partial charge in [-0.05, 0) is 28.5 Å². The Balaban J connectivity index is 2.10. The first kappa shape index (κ1) is 15.4. The van der Waals surface area contributed by atoms with E-state index in [-0.39, 0.29) is 24.5 Å². The molecule has 0 saturated heterocycles. The van der Waals surface area contributed by atoms with E-state index in [9.17, 15) is 14.4 Å². The maximum Gasteiger partial charge on any atom is 0.306 e. The standard InChI is InChI=1S/C15H16O5S/c1-9-6-12(16)11(7-10-4-5-21-8-10)15(9)20-14(19)3-2-13(17)18/h4-5,7-9,15H,2-3,6H2,1H3,(H,17,18). The van der Waals surface area contributed by atoms with Crippen molar-refractivity contribution in [1.82, 2.24) is 0 Å². The lowest BCUT2D eigenvalue weighted by Crippen LogP contribution is -2.23. The molecule has 1 aromatic heterocycles. The van der Waals surface area contributed by atoms with Gasteiger partial charge in [0.05, 0.1) is 12.8 Å². The van der Waals surface area contributed by atoms with E-state index in [1.807, 2.05) is 23.8 Å². The molecule has 2 atom stereocenters. The molecule has 0 radical (unpaired) electrons. The molecule has 2 unspecified atom stereocenters. The summed E-state index contributed by atoms with van der Waals surface area (Å²) < 4.78 is 5.32. The number of carboxylic acids is 1. The minimum atomic E-state index is -1.04. The van der Waals surface area contributed by atoms with Gasteiger partial charge in [0, 0.05) is 17.9 Å². The van der Waals surface area contributed by atoms with Crippen LogP contribution in [-0.4, -0.2) is 28.9 Å². The first-order valence-electron chi connectivity index (χ1n) is 6.65. The Kier molecular flexibility index (Phi) is 4.90. The average molecular weight is 308 g/mol. The number of rotatable bonds is 5.